The Balaban J connectivity index is 1.21. The van der Waals surface area contributed by atoms with Gasteiger partial charge in [-0.2, -0.15) is 0 Å². The maximum atomic E-state index is 10.2. The second-order valence-electron chi connectivity index (χ2n) is 9.25. The Labute approximate surface area is 222 Å². The number of nitrogens with one attached hydrogen (secondary N) is 1. The number of fused-ring (bicyclic) bond motifs is 1. The van der Waals surface area contributed by atoms with Gasteiger partial charge in [0.25, 0.3) is 0 Å². The Morgan fingerprint density at radius 3 is 2.39 bits per heavy atom. The second kappa shape index (κ2) is 11.9. The Kier molecular flexibility index (Phi) is 7.97. The van der Waals surface area contributed by atoms with Gasteiger partial charge in [0.05, 0.1) is 0 Å². The van der Waals surface area contributed by atoms with Crippen molar-refractivity contribution < 1.29 is 14.9 Å². The van der Waals surface area contributed by atoms with Crippen LogP contribution in [-0.4, -0.2) is 50.5 Å². The summed E-state index contributed by atoms with van der Waals surface area (Å²) in [6.45, 7) is 3.51. The Bertz CT molecular complexity index is 1460. The van der Waals surface area contributed by atoms with Gasteiger partial charge in [-0.3, -0.25) is 4.57 Å². The Morgan fingerprint density at radius 1 is 0.921 bits per heavy atom. The molecule has 1 atom stereocenters. The molecule has 0 saturated heterocycles. The quantitative estimate of drug-likeness (QED) is 0.219. The first-order chi connectivity index (χ1) is 18.6. The van der Waals surface area contributed by atoms with Crippen molar-refractivity contribution in [1.82, 2.24) is 19.9 Å². The summed E-state index contributed by atoms with van der Waals surface area (Å²) < 4.78 is 7.67. The molecule has 7 nitrogen and oxygen atoms in total. The molecule has 0 unspecified atom stereocenters. The van der Waals surface area contributed by atoms with Crippen LogP contribution < -0.4 is 10.1 Å². The summed E-state index contributed by atoms with van der Waals surface area (Å²) >= 11 is 0. The molecule has 0 spiro atoms. The summed E-state index contributed by atoms with van der Waals surface area (Å²) in [5.41, 5.74) is 6.26. The Morgan fingerprint density at radius 2 is 1.66 bits per heavy atom. The topological polar surface area (TPSA) is 92.4 Å². The Hall–Kier alpha value is -4.20. The number of aliphatic hydroxyl groups is 1. The first kappa shape index (κ1) is 25.4. The van der Waals surface area contributed by atoms with Gasteiger partial charge in [0.1, 0.15) is 35.6 Å². The fraction of sp³-hybridized carbons (Fsp3) is 0.226. The minimum Gasteiger partial charge on any atom is -0.508 e. The number of pyridine rings is 1. The van der Waals surface area contributed by atoms with Crippen LogP contribution in [0.2, 0.25) is 0 Å². The van der Waals surface area contributed by atoms with E-state index in [-0.39, 0.29) is 12.4 Å². The second-order valence-corrected chi connectivity index (χ2v) is 9.25. The fourth-order valence-corrected chi connectivity index (χ4v) is 4.35. The molecular weight excluding hydrogens is 476 g/mol. The van der Waals surface area contributed by atoms with Gasteiger partial charge in [0, 0.05) is 24.0 Å². The maximum Gasteiger partial charge on any atom is 0.164 e. The van der Waals surface area contributed by atoms with E-state index in [0.29, 0.717) is 12.3 Å². The number of aliphatic hydroxyl groups excluding tert-OH is 1. The molecule has 3 aromatic carbocycles. The van der Waals surface area contributed by atoms with Crippen molar-refractivity contribution in [3.05, 3.63) is 102 Å². The zero-order valence-corrected chi connectivity index (χ0v) is 21.4. The molecule has 0 radical (unpaired) electrons. The molecule has 3 N–H and O–H groups in total. The van der Waals surface area contributed by atoms with E-state index in [9.17, 15) is 10.2 Å². The summed E-state index contributed by atoms with van der Waals surface area (Å²) in [5, 5.41) is 22.8. The minimum atomic E-state index is -0.627. The average molecular weight is 509 g/mol. The third-order valence-corrected chi connectivity index (χ3v) is 6.48. The third-order valence-electron chi connectivity index (χ3n) is 6.48. The number of ether oxygens (including phenoxy) is 1. The fourth-order valence-electron chi connectivity index (χ4n) is 4.35. The average Bonchev–Trinajstić information content (AvgIpc) is 3.35. The zero-order chi connectivity index (χ0) is 26.3. The van der Waals surface area contributed by atoms with E-state index in [4.69, 9.17) is 9.72 Å². The van der Waals surface area contributed by atoms with E-state index in [1.54, 1.807) is 30.5 Å². The number of hydrogen-bond acceptors (Lipinski definition) is 6. The van der Waals surface area contributed by atoms with Gasteiger partial charge < -0.3 is 20.3 Å². The largest absolute Gasteiger partial charge is 0.508 e. The van der Waals surface area contributed by atoms with E-state index in [1.807, 2.05) is 12.1 Å². The van der Waals surface area contributed by atoms with Crippen molar-refractivity contribution >= 4 is 11.2 Å². The molecular formula is C31H32N4O3. The molecule has 5 aromatic rings. The van der Waals surface area contributed by atoms with Crippen LogP contribution in [0.3, 0.4) is 0 Å². The summed E-state index contributed by atoms with van der Waals surface area (Å²) in [7, 11) is 0. The standard InChI is InChI=1S/C31H32N4O3/c1-2-22-5-9-24(10-6-22)30-34-29-4-3-18-33-31(29)35(30)25-11-7-23(8-12-25)17-19-32-20-27(37)21-38-28-15-13-26(36)14-16-28/h3-16,18,27,32,36-37H,2,17,19-21H2,1H3/t27-/m0/s1. The summed E-state index contributed by atoms with van der Waals surface area (Å²) in [6.07, 6.45) is 3.01. The van der Waals surface area contributed by atoms with E-state index >= 15 is 0 Å². The molecule has 0 bridgehead atoms. The lowest BCUT2D eigenvalue weighted by Crippen LogP contribution is -2.32. The predicted molar refractivity (Wildman–Crippen MR) is 150 cm³/mol. The van der Waals surface area contributed by atoms with Gasteiger partial charge in [0.2, 0.25) is 0 Å². The van der Waals surface area contributed by atoms with Crippen LogP contribution in [0.4, 0.5) is 0 Å². The van der Waals surface area contributed by atoms with Crippen molar-refractivity contribution in [3.63, 3.8) is 0 Å². The molecule has 2 aromatic heterocycles. The molecule has 7 heteroatoms. The molecule has 38 heavy (non-hydrogen) atoms. The van der Waals surface area contributed by atoms with Gasteiger partial charge in [-0.1, -0.05) is 43.3 Å². The predicted octanol–water partition coefficient (Wildman–Crippen LogP) is 4.93. The highest BCUT2D eigenvalue weighted by molar-refractivity contribution is 5.80. The number of phenolic OH excluding ortho intramolecular Hbond substituents is 1. The minimum absolute atomic E-state index is 0.183. The lowest BCUT2D eigenvalue weighted by atomic mass is 10.1. The van der Waals surface area contributed by atoms with Gasteiger partial charge >= 0.3 is 0 Å². The van der Waals surface area contributed by atoms with Gasteiger partial charge in [-0.15, -0.1) is 0 Å². The van der Waals surface area contributed by atoms with Crippen molar-refractivity contribution in [2.24, 2.45) is 0 Å². The van der Waals surface area contributed by atoms with Crippen LogP contribution in [-0.2, 0) is 12.8 Å². The highest BCUT2D eigenvalue weighted by Gasteiger charge is 2.15. The number of aromatic hydroxyl groups is 1. The van der Waals surface area contributed by atoms with E-state index in [0.717, 1.165) is 47.6 Å². The van der Waals surface area contributed by atoms with Crippen molar-refractivity contribution in [2.45, 2.75) is 25.9 Å². The monoisotopic (exact) mass is 508 g/mol. The van der Waals surface area contributed by atoms with Crippen LogP contribution >= 0.6 is 0 Å². The summed E-state index contributed by atoms with van der Waals surface area (Å²) in [5.74, 6) is 1.67. The maximum absolute atomic E-state index is 10.2. The molecule has 5 rings (SSSR count). The number of benzene rings is 3. The number of rotatable bonds is 11. The van der Waals surface area contributed by atoms with Crippen LogP contribution in [0.25, 0.3) is 28.2 Å². The SMILES string of the molecule is CCc1ccc(-c2nc3cccnc3n2-c2ccc(CCNC[C@H](O)COc3ccc(O)cc3)cc2)cc1. The molecule has 194 valence electrons. The van der Waals surface area contributed by atoms with Gasteiger partial charge in [-0.25, -0.2) is 9.97 Å². The highest BCUT2D eigenvalue weighted by Crippen LogP contribution is 2.28. The molecule has 0 amide bonds. The number of imidazole rings is 1. The van der Waals surface area contributed by atoms with Crippen LogP contribution in [0.1, 0.15) is 18.1 Å². The molecule has 0 aliphatic carbocycles. The third kappa shape index (κ3) is 6.02. The molecule has 0 saturated carbocycles. The highest BCUT2D eigenvalue weighted by atomic mass is 16.5. The van der Waals surface area contributed by atoms with Crippen molar-refractivity contribution in [2.75, 3.05) is 19.7 Å². The van der Waals surface area contributed by atoms with E-state index < -0.39 is 6.10 Å². The zero-order valence-electron chi connectivity index (χ0n) is 21.4. The van der Waals surface area contributed by atoms with E-state index in [1.165, 1.54) is 11.1 Å². The lowest BCUT2D eigenvalue weighted by molar-refractivity contribution is 0.106. The van der Waals surface area contributed by atoms with Crippen LogP contribution in [0.15, 0.2) is 91.1 Å². The summed E-state index contributed by atoms with van der Waals surface area (Å²) in [4.78, 5) is 9.52. The number of aromatic nitrogens is 3. The first-order valence-electron chi connectivity index (χ1n) is 12.9. The molecule has 0 fully saturated rings. The van der Waals surface area contributed by atoms with Gasteiger partial charge in [0.15, 0.2) is 5.65 Å². The summed E-state index contributed by atoms with van der Waals surface area (Å²) in [6, 6.07) is 27.4. The van der Waals surface area contributed by atoms with Crippen molar-refractivity contribution in [3.8, 4) is 28.6 Å². The number of hydrogen-bond donors (Lipinski definition) is 3. The molecule has 0 aliphatic heterocycles. The van der Waals surface area contributed by atoms with E-state index in [2.05, 4.69) is 70.3 Å². The molecule has 0 aliphatic rings. The van der Waals surface area contributed by atoms with Crippen molar-refractivity contribution in [1.29, 1.82) is 0 Å². The number of aryl methyl sites for hydroxylation is 1. The lowest BCUT2D eigenvalue weighted by Gasteiger charge is -2.14. The first-order valence-corrected chi connectivity index (χ1v) is 12.9. The number of nitrogens with zero attached hydrogens (tertiary/aromatic N) is 3. The normalized spacial score (nSPS) is 12.1. The smallest absolute Gasteiger partial charge is 0.164 e. The van der Waals surface area contributed by atoms with Crippen LogP contribution in [0, 0.1) is 0 Å². The van der Waals surface area contributed by atoms with Crippen LogP contribution in [0.5, 0.6) is 11.5 Å². The molecule has 2 heterocycles. The number of phenols is 1. The van der Waals surface area contributed by atoms with Gasteiger partial charge in [-0.05, 0) is 79.0 Å².